The fourth-order valence-corrected chi connectivity index (χ4v) is 13.1. The Morgan fingerprint density at radius 3 is 0.653 bits per heavy atom. The van der Waals surface area contributed by atoms with Crippen molar-refractivity contribution in [3.63, 3.8) is 0 Å². The van der Waals surface area contributed by atoms with Crippen LogP contribution >= 0.6 is 15.6 Å². The van der Waals surface area contributed by atoms with Crippen LogP contribution in [0.5, 0.6) is 0 Å². The molecule has 0 aromatic rings. The third-order valence-electron chi connectivity index (χ3n) is 17.6. The molecule has 0 fully saturated rings. The highest BCUT2D eigenvalue weighted by Gasteiger charge is 2.30. The Morgan fingerprint density at radius 2 is 0.442 bits per heavy atom. The van der Waals surface area contributed by atoms with Crippen molar-refractivity contribution in [2.24, 2.45) is 23.7 Å². The highest BCUT2D eigenvalue weighted by molar-refractivity contribution is 7.47. The van der Waals surface area contributed by atoms with Crippen LogP contribution in [-0.4, -0.2) is 96.7 Å². The first-order valence-corrected chi connectivity index (χ1v) is 42.2. The third-order valence-corrected chi connectivity index (χ3v) is 19.5. The zero-order valence-electron chi connectivity index (χ0n) is 62.3. The smallest absolute Gasteiger partial charge is 0.462 e. The van der Waals surface area contributed by atoms with Gasteiger partial charge in [0.1, 0.15) is 19.3 Å². The van der Waals surface area contributed by atoms with Gasteiger partial charge in [0.05, 0.1) is 26.4 Å². The first-order valence-electron chi connectivity index (χ1n) is 39.2. The maximum absolute atomic E-state index is 13.1. The minimum absolute atomic E-state index is 0.106. The standard InChI is InChI=1S/C76H148O17P2/c1-66(2)52-44-36-28-22-16-10-9-11-20-26-32-42-50-58-76(81)93-72(63-87-74(79)57-49-41-35-34-39-47-55-69(7)8)65-91-95(84,85)89-61-70(77)60-88-94(82,83)90-64-71(92-75(80)59-51-43-33-27-21-15-13-18-24-30-38-46-54-68(5)6)62-86-73(78)56-48-40-31-25-19-14-12-17-23-29-37-45-53-67(3)4/h66-72,77H,9-65H2,1-8H3,(H,82,83)(H,84,85)/t70-,71-,72-/m1/s1. The zero-order chi connectivity index (χ0) is 70.3. The second kappa shape index (κ2) is 65.4. The first kappa shape index (κ1) is 93.1. The summed E-state index contributed by atoms with van der Waals surface area (Å²) in [4.78, 5) is 72.8. The molecule has 564 valence electrons. The molecule has 0 aliphatic heterocycles. The number of phosphoric ester groups is 2. The molecule has 0 saturated heterocycles. The molecule has 95 heavy (non-hydrogen) atoms. The molecule has 0 bridgehead atoms. The maximum Gasteiger partial charge on any atom is 0.472 e. The topological polar surface area (TPSA) is 237 Å². The largest absolute Gasteiger partial charge is 0.472 e. The van der Waals surface area contributed by atoms with E-state index >= 15 is 0 Å². The predicted octanol–water partition coefficient (Wildman–Crippen LogP) is 22.0. The molecular formula is C76H148O17P2. The van der Waals surface area contributed by atoms with Crippen LogP contribution in [0.2, 0.25) is 0 Å². The van der Waals surface area contributed by atoms with E-state index in [1.165, 1.54) is 180 Å². The van der Waals surface area contributed by atoms with Crippen molar-refractivity contribution in [1.82, 2.24) is 0 Å². The van der Waals surface area contributed by atoms with Gasteiger partial charge in [-0.05, 0) is 49.4 Å². The van der Waals surface area contributed by atoms with Crippen LogP contribution in [0.1, 0.15) is 383 Å². The number of hydrogen-bond acceptors (Lipinski definition) is 15. The Kier molecular flexibility index (Phi) is 64.0. The average molecular weight is 1400 g/mol. The zero-order valence-corrected chi connectivity index (χ0v) is 64.1. The van der Waals surface area contributed by atoms with Gasteiger partial charge in [0.15, 0.2) is 12.2 Å². The van der Waals surface area contributed by atoms with Gasteiger partial charge in [0.2, 0.25) is 0 Å². The SMILES string of the molecule is CC(C)CCCCCCCCCCCCCCCC(=O)O[C@H](COC(=O)CCCCCCCCC(C)C)COP(=O)(O)OC[C@H](O)COP(=O)(O)OC[C@@H](COC(=O)CCCCCCCCCCCCCCC(C)C)OC(=O)CCCCCCCCCCCCCCC(C)C. The predicted molar refractivity (Wildman–Crippen MR) is 386 cm³/mol. The van der Waals surface area contributed by atoms with Crippen molar-refractivity contribution >= 4 is 39.5 Å². The monoisotopic (exact) mass is 1400 g/mol. The summed E-state index contributed by atoms with van der Waals surface area (Å²) in [5, 5.41) is 10.6. The summed E-state index contributed by atoms with van der Waals surface area (Å²) in [6.45, 7) is 14.2. The van der Waals surface area contributed by atoms with Gasteiger partial charge in [-0.15, -0.1) is 0 Å². The Hall–Kier alpha value is -1.94. The van der Waals surface area contributed by atoms with Gasteiger partial charge in [-0.2, -0.15) is 0 Å². The van der Waals surface area contributed by atoms with E-state index in [2.05, 4.69) is 55.4 Å². The highest BCUT2D eigenvalue weighted by atomic mass is 31.2. The molecule has 0 aliphatic carbocycles. The van der Waals surface area contributed by atoms with Crippen LogP contribution in [0, 0.1) is 23.7 Å². The molecule has 0 saturated carbocycles. The van der Waals surface area contributed by atoms with Crippen LogP contribution in [0.3, 0.4) is 0 Å². The molecule has 0 rings (SSSR count). The van der Waals surface area contributed by atoms with Gasteiger partial charge in [-0.3, -0.25) is 37.3 Å². The summed E-state index contributed by atoms with van der Waals surface area (Å²) < 4.78 is 68.5. The molecule has 0 radical (unpaired) electrons. The number of aliphatic hydroxyl groups excluding tert-OH is 1. The van der Waals surface area contributed by atoms with E-state index in [4.69, 9.17) is 37.0 Å². The number of carbonyl (C=O) groups is 4. The van der Waals surface area contributed by atoms with Crippen molar-refractivity contribution in [2.45, 2.75) is 401 Å². The number of ether oxygens (including phenoxy) is 4. The number of esters is 4. The van der Waals surface area contributed by atoms with Crippen LogP contribution in [-0.2, 0) is 65.4 Å². The van der Waals surface area contributed by atoms with E-state index in [1.54, 1.807) is 0 Å². The van der Waals surface area contributed by atoms with Crippen molar-refractivity contribution in [2.75, 3.05) is 39.6 Å². The normalized spacial score (nSPS) is 14.1. The van der Waals surface area contributed by atoms with Gasteiger partial charge in [0, 0.05) is 25.7 Å². The van der Waals surface area contributed by atoms with Crippen molar-refractivity contribution in [3.8, 4) is 0 Å². The number of rotatable bonds is 73. The molecular weight excluding hydrogens is 1250 g/mol. The van der Waals surface area contributed by atoms with Gasteiger partial charge < -0.3 is 33.8 Å². The highest BCUT2D eigenvalue weighted by Crippen LogP contribution is 2.45. The summed E-state index contributed by atoms with van der Waals surface area (Å²) in [7, 11) is -9.91. The molecule has 0 amide bonds. The van der Waals surface area contributed by atoms with Crippen LogP contribution < -0.4 is 0 Å². The number of aliphatic hydroxyl groups is 1. The molecule has 19 heteroatoms. The number of unbranched alkanes of at least 4 members (excludes halogenated alkanes) is 39. The van der Waals surface area contributed by atoms with Gasteiger partial charge in [0.25, 0.3) is 0 Å². The van der Waals surface area contributed by atoms with E-state index in [9.17, 15) is 43.2 Å². The summed E-state index contributed by atoms with van der Waals surface area (Å²) in [6.07, 6.45) is 50.0. The minimum atomic E-state index is -4.96. The molecule has 3 N–H and O–H groups in total. The molecule has 0 aromatic carbocycles. The Morgan fingerprint density at radius 1 is 0.263 bits per heavy atom. The van der Waals surface area contributed by atoms with Gasteiger partial charge in [-0.25, -0.2) is 9.13 Å². The molecule has 17 nitrogen and oxygen atoms in total. The van der Waals surface area contributed by atoms with Gasteiger partial charge >= 0.3 is 39.5 Å². The quantitative estimate of drug-likeness (QED) is 0.0222. The lowest BCUT2D eigenvalue weighted by Gasteiger charge is -2.21. The van der Waals surface area contributed by atoms with E-state index < -0.39 is 97.5 Å². The Labute approximate surface area is 581 Å². The Balaban J connectivity index is 5.24. The molecule has 0 heterocycles. The van der Waals surface area contributed by atoms with Crippen molar-refractivity contribution in [3.05, 3.63) is 0 Å². The second-order valence-corrected chi connectivity index (χ2v) is 32.2. The number of carbonyl (C=O) groups excluding carboxylic acids is 4. The molecule has 0 aromatic heterocycles. The maximum atomic E-state index is 13.1. The minimum Gasteiger partial charge on any atom is -0.462 e. The molecule has 2 unspecified atom stereocenters. The van der Waals surface area contributed by atoms with Crippen LogP contribution in [0.4, 0.5) is 0 Å². The fourth-order valence-electron chi connectivity index (χ4n) is 11.6. The van der Waals surface area contributed by atoms with Crippen LogP contribution in [0.15, 0.2) is 0 Å². The van der Waals surface area contributed by atoms with Crippen molar-refractivity contribution < 1.29 is 80.2 Å². The molecule has 0 aliphatic rings. The van der Waals surface area contributed by atoms with Crippen LogP contribution in [0.25, 0.3) is 0 Å². The lowest BCUT2D eigenvalue weighted by Crippen LogP contribution is -2.30. The van der Waals surface area contributed by atoms with Gasteiger partial charge in [-0.1, -0.05) is 331 Å². The lowest BCUT2D eigenvalue weighted by atomic mass is 10.0. The van der Waals surface area contributed by atoms with E-state index in [0.29, 0.717) is 31.6 Å². The molecule has 5 atom stereocenters. The fraction of sp³-hybridized carbons (Fsp3) is 0.947. The molecule has 0 spiro atoms. The summed E-state index contributed by atoms with van der Waals surface area (Å²) in [6, 6.07) is 0. The Bertz CT molecular complexity index is 1870. The second-order valence-electron chi connectivity index (χ2n) is 29.3. The van der Waals surface area contributed by atoms with E-state index in [0.717, 1.165) is 114 Å². The summed E-state index contributed by atoms with van der Waals surface area (Å²) >= 11 is 0. The number of phosphoric acid groups is 2. The van der Waals surface area contributed by atoms with E-state index in [-0.39, 0.29) is 25.7 Å². The third kappa shape index (κ3) is 70.3. The lowest BCUT2D eigenvalue weighted by molar-refractivity contribution is -0.161. The first-order chi connectivity index (χ1) is 45.6. The van der Waals surface area contributed by atoms with E-state index in [1.807, 2.05) is 0 Å². The average Bonchev–Trinajstić information content (AvgIpc) is 2.09. The summed E-state index contributed by atoms with van der Waals surface area (Å²) in [5.41, 5.74) is 0. The van der Waals surface area contributed by atoms with Crippen molar-refractivity contribution in [1.29, 1.82) is 0 Å². The summed E-state index contributed by atoms with van der Waals surface area (Å²) in [5.74, 6) is 0.903. The number of hydrogen-bond donors (Lipinski definition) is 3.